The van der Waals surface area contributed by atoms with Gasteiger partial charge in [-0.05, 0) is 57.4 Å². The van der Waals surface area contributed by atoms with Gasteiger partial charge >= 0.3 is 6.09 Å². The van der Waals surface area contributed by atoms with Gasteiger partial charge in [-0.15, -0.1) is 0 Å². The normalized spacial score (nSPS) is 24.4. The van der Waals surface area contributed by atoms with Gasteiger partial charge in [-0.2, -0.15) is 0 Å². The van der Waals surface area contributed by atoms with E-state index < -0.39 is 5.60 Å². The monoisotopic (exact) mass is 375 g/mol. The Balaban J connectivity index is 1.58. The van der Waals surface area contributed by atoms with Crippen molar-refractivity contribution >= 4 is 41.2 Å². The topological polar surface area (TPSA) is 58.2 Å². The molecule has 1 saturated carbocycles. The van der Waals surface area contributed by atoms with E-state index in [9.17, 15) is 4.79 Å². The molecule has 2 fully saturated rings. The Labute approximate surface area is 165 Å². The molecule has 1 N–H and O–H groups in total. The number of likely N-dealkylation sites (tertiary alicyclic amines) is 1. The van der Waals surface area contributed by atoms with Crippen molar-refractivity contribution in [3.8, 4) is 0 Å². The summed E-state index contributed by atoms with van der Waals surface area (Å²) in [7, 11) is 2.11. The predicted molar refractivity (Wildman–Crippen MR) is 114 cm³/mol. The fourth-order valence-corrected chi connectivity index (χ4v) is 5.01. The number of H-pyrrole nitrogens is 1. The first kappa shape index (κ1) is 17.6. The molecule has 3 aromatic rings. The molecule has 3 atom stereocenters. The molecule has 144 valence electrons. The average molecular weight is 375 g/mol. The van der Waals surface area contributed by atoms with E-state index in [4.69, 9.17) is 9.72 Å². The summed E-state index contributed by atoms with van der Waals surface area (Å²) >= 11 is 0. The highest BCUT2D eigenvalue weighted by atomic mass is 16.6. The quantitative estimate of drug-likeness (QED) is 0.663. The number of carbonyl (C=O) groups is 1. The van der Waals surface area contributed by atoms with Gasteiger partial charge < -0.3 is 9.72 Å². The minimum atomic E-state index is -0.495. The molecule has 2 heterocycles. The molecule has 5 nitrogen and oxygen atoms in total. The van der Waals surface area contributed by atoms with Crippen molar-refractivity contribution in [1.29, 1.82) is 0 Å². The molecule has 2 aliphatic rings. The largest absolute Gasteiger partial charge is 0.444 e. The molecule has 5 rings (SSSR count). The minimum absolute atomic E-state index is 0.0264. The van der Waals surface area contributed by atoms with E-state index >= 15 is 0 Å². The number of benzene rings is 2. The van der Waals surface area contributed by atoms with Gasteiger partial charge in [0.15, 0.2) is 0 Å². The van der Waals surface area contributed by atoms with Crippen molar-refractivity contribution in [2.24, 2.45) is 5.92 Å². The van der Waals surface area contributed by atoms with Gasteiger partial charge in [0, 0.05) is 11.4 Å². The molecular formula is C22H26BN3O2. The van der Waals surface area contributed by atoms with E-state index in [2.05, 4.69) is 43.2 Å². The molecule has 1 saturated heterocycles. The minimum Gasteiger partial charge on any atom is -0.444 e. The first-order valence-electron chi connectivity index (χ1n) is 10.2. The number of imidazole rings is 1. The molecular weight excluding hydrogens is 349 g/mol. The van der Waals surface area contributed by atoms with Crippen LogP contribution >= 0.6 is 0 Å². The van der Waals surface area contributed by atoms with E-state index in [1.165, 1.54) is 16.2 Å². The molecule has 0 radical (unpaired) electrons. The van der Waals surface area contributed by atoms with Crippen molar-refractivity contribution in [2.45, 2.75) is 57.7 Å². The summed E-state index contributed by atoms with van der Waals surface area (Å²) < 4.78 is 5.73. The summed E-state index contributed by atoms with van der Waals surface area (Å²) in [6.45, 7) is 5.76. The standard InChI is InChI=1S/C22H26BN3O2/c1-22(2,3)28-21(27)26-15-7-4-13(11-15)19(26)20-24-17-9-5-12-10-14(23)6-8-16(12)18(17)25-20/h5-6,8-10,13,15,19H,4,7,11,23H2,1-3H3,(H,24,25)/t13-,15+,19-/m0/s1. The fraction of sp³-hybridized carbons (Fsp3) is 0.455. The summed E-state index contributed by atoms with van der Waals surface area (Å²) in [5, 5.41) is 2.38. The summed E-state index contributed by atoms with van der Waals surface area (Å²) in [4.78, 5) is 23.4. The van der Waals surface area contributed by atoms with E-state index in [0.717, 1.165) is 36.1 Å². The number of nitrogens with zero attached hydrogens (tertiary/aromatic N) is 2. The van der Waals surface area contributed by atoms with Gasteiger partial charge in [-0.25, -0.2) is 9.78 Å². The van der Waals surface area contributed by atoms with Crippen LogP contribution in [-0.4, -0.2) is 40.5 Å². The SMILES string of the molecule is Bc1ccc2c(ccc3nc([C@@H]4[C@H]5CC[C@H](C5)N4C(=O)OC(C)(C)C)[nH]c32)c1. The highest BCUT2D eigenvalue weighted by molar-refractivity contribution is 6.33. The van der Waals surface area contributed by atoms with E-state index in [0.29, 0.717) is 5.92 Å². The van der Waals surface area contributed by atoms with Crippen LogP contribution in [0.2, 0.25) is 0 Å². The van der Waals surface area contributed by atoms with Crippen molar-refractivity contribution < 1.29 is 9.53 Å². The maximum absolute atomic E-state index is 13.0. The lowest BCUT2D eigenvalue weighted by molar-refractivity contribution is 0.00623. The maximum Gasteiger partial charge on any atom is 0.411 e. The van der Waals surface area contributed by atoms with Crippen LogP contribution < -0.4 is 5.46 Å². The number of ether oxygens (including phenoxy) is 1. The molecule has 1 amide bonds. The second-order valence-electron chi connectivity index (χ2n) is 9.37. The van der Waals surface area contributed by atoms with Crippen LogP contribution in [-0.2, 0) is 4.74 Å². The molecule has 1 aromatic heterocycles. The van der Waals surface area contributed by atoms with Crippen LogP contribution in [0.5, 0.6) is 0 Å². The van der Waals surface area contributed by atoms with Crippen LogP contribution in [0, 0.1) is 5.92 Å². The molecule has 28 heavy (non-hydrogen) atoms. The van der Waals surface area contributed by atoms with Gasteiger partial charge in [0.05, 0.1) is 17.1 Å². The fourth-order valence-electron chi connectivity index (χ4n) is 5.01. The molecule has 6 heteroatoms. The van der Waals surface area contributed by atoms with E-state index in [1.807, 2.05) is 25.7 Å². The van der Waals surface area contributed by atoms with Crippen LogP contribution in [0.4, 0.5) is 4.79 Å². The lowest BCUT2D eigenvalue weighted by atomic mass is 9.93. The van der Waals surface area contributed by atoms with Crippen molar-refractivity contribution in [3.63, 3.8) is 0 Å². The maximum atomic E-state index is 13.0. The summed E-state index contributed by atoms with van der Waals surface area (Å²) in [5.74, 6) is 1.34. The Morgan fingerprint density at radius 3 is 2.86 bits per heavy atom. The first-order chi connectivity index (χ1) is 13.3. The van der Waals surface area contributed by atoms with Gasteiger partial charge in [0.1, 0.15) is 19.3 Å². The number of rotatable bonds is 1. The lowest BCUT2D eigenvalue weighted by Gasteiger charge is -2.35. The molecule has 0 unspecified atom stereocenters. The molecule has 1 aliphatic carbocycles. The third kappa shape index (κ3) is 2.77. The molecule has 2 aromatic carbocycles. The molecule has 2 bridgehead atoms. The molecule has 1 aliphatic heterocycles. The van der Waals surface area contributed by atoms with Crippen molar-refractivity contribution in [3.05, 3.63) is 36.2 Å². The lowest BCUT2D eigenvalue weighted by Crippen LogP contribution is -2.43. The average Bonchev–Trinajstić information content (AvgIpc) is 3.32. The van der Waals surface area contributed by atoms with Gasteiger partial charge in [-0.1, -0.05) is 29.7 Å². The Morgan fingerprint density at radius 2 is 2.07 bits per heavy atom. The number of aromatic nitrogens is 2. The Kier molecular flexibility index (Phi) is 3.77. The van der Waals surface area contributed by atoms with Crippen LogP contribution in [0.3, 0.4) is 0 Å². The number of piperidine rings is 1. The Hall–Kier alpha value is -2.50. The predicted octanol–water partition coefficient (Wildman–Crippen LogP) is 3.44. The zero-order valence-electron chi connectivity index (χ0n) is 17.0. The van der Waals surface area contributed by atoms with Crippen LogP contribution in [0.25, 0.3) is 21.8 Å². The van der Waals surface area contributed by atoms with Crippen molar-refractivity contribution in [2.75, 3.05) is 0 Å². The number of aromatic amines is 1. The number of hydrogen-bond donors (Lipinski definition) is 1. The zero-order chi connectivity index (χ0) is 19.6. The number of carbonyl (C=O) groups excluding carboxylic acids is 1. The third-order valence-corrected chi connectivity index (χ3v) is 6.12. The highest BCUT2D eigenvalue weighted by Gasteiger charge is 2.51. The van der Waals surface area contributed by atoms with Crippen LogP contribution in [0.1, 0.15) is 51.9 Å². The number of fused-ring (bicyclic) bond motifs is 5. The summed E-state index contributed by atoms with van der Waals surface area (Å²) in [6.07, 6.45) is 3.03. The van der Waals surface area contributed by atoms with Gasteiger partial charge in [0.25, 0.3) is 0 Å². The Morgan fingerprint density at radius 1 is 1.25 bits per heavy atom. The smallest absolute Gasteiger partial charge is 0.411 e. The number of amides is 1. The zero-order valence-corrected chi connectivity index (χ0v) is 17.0. The second kappa shape index (κ2) is 6.00. The second-order valence-corrected chi connectivity index (χ2v) is 9.37. The summed E-state index contributed by atoms with van der Waals surface area (Å²) in [5.41, 5.74) is 2.76. The first-order valence-corrected chi connectivity index (χ1v) is 10.2. The third-order valence-electron chi connectivity index (χ3n) is 6.12. The van der Waals surface area contributed by atoms with Crippen molar-refractivity contribution in [1.82, 2.24) is 14.9 Å². The summed E-state index contributed by atoms with van der Waals surface area (Å²) in [6, 6.07) is 10.9. The Bertz CT molecular complexity index is 1080. The van der Waals surface area contributed by atoms with E-state index in [1.54, 1.807) is 0 Å². The van der Waals surface area contributed by atoms with Gasteiger partial charge in [0.2, 0.25) is 0 Å². The van der Waals surface area contributed by atoms with Crippen LogP contribution in [0.15, 0.2) is 30.3 Å². The number of hydrogen-bond acceptors (Lipinski definition) is 3. The number of nitrogens with one attached hydrogen (secondary N) is 1. The van der Waals surface area contributed by atoms with E-state index in [-0.39, 0.29) is 18.2 Å². The highest BCUT2D eigenvalue weighted by Crippen LogP contribution is 2.50. The molecule has 0 spiro atoms. The van der Waals surface area contributed by atoms with Gasteiger partial charge in [-0.3, -0.25) is 4.90 Å².